The first-order valence-corrected chi connectivity index (χ1v) is 7.87. The van der Waals surface area contributed by atoms with Gasteiger partial charge in [-0.3, -0.25) is 4.79 Å². The molecule has 6 nitrogen and oxygen atoms in total. The maximum absolute atomic E-state index is 12.4. The van der Waals surface area contributed by atoms with Gasteiger partial charge in [0.25, 0.3) is 5.91 Å². The number of nitrogens with zero attached hydrogens (tertiary/aromatic N) is 1. The SMILES string of the molecule is CC(C)C1CCCN1C(=O)c1cc(S(N)(=O)=O)c[nH]1. The number of sulfonamides is 1. The Balaban J connectivity index is 2.23. The molecule has 1 unspecified atom stereocenters. The van der Waals surface area contributed by atoms with Gasteiger partial charge >= 0.3 is 0 Å². The summed E-state index contributed by atoms with van der Waals surface area (Å²) in [5.74, 6) is 0.227. The molecular weight excluding hydrogens is 266 g/mol. The molecule has 1 aliphatic heterocycles. The van der Waals surface area contributed by atoms with Crippen molar-refractivity contribution in [3.8, 4) is 0 Å². The largest absolute Gasteiger partial charge is 0.356 e. The average molecular weight is 285 g/mol. The third-order valence-electron chi connectivity index (χ3n) is 3.55. The van der Waals surface area contributed by atoms with Crippen LogP contribution in [-0.2, 0) is 10.0 Å². The first-order valence-electron chi connectivity index (χ1n) is 6.33. The van der Waals surface area contributed by atoms with E-state index in [-0.39, 0.29) is 22.5 Å². The highest BCUT2D eigenvalue weighted by Crippen LogP contribution is 2.25. The number of aromatic nitrogens is 1. The molecule has 1 saturated heterocycles. The minimum absolute atomic E-state index is 0.0591. The van der Waals surface area contributed by atoms with Crippen LogP contribution < -0.4 is 5.14 Å². The topological polar surface area (TPSA) is 96.3 Å². The lowest BCUT2D eigenvalue weighted by molar-refractivity contribution is 0.0696. The summed E-state index contributed by atoms with van der Waals surface area (Å²) >= 11 is 0. The molecule has 3 N–H and O–H groups in total. The number of nitrogens with two attached hydrogens (primary N) is 1. The second-order valence-electron chi connectivity index (χ2n) is 5.25. The van der Waals surface area contributed by atoms with Crippen molar-refractivity contribution in [2.45, 2.75) is 37.6 Å². The normalized spacial score (nSPS) is 20.2. The van der Waals surface area contributed by atoms with Crippen LogP contribution in [0.2, 0.25) is 0 Å². The average Bonchev–Trinajstić information content (AvgIpc) is 2.96. The zero-order chi connectivity index (χ0) is 14.2. The van der Waals surface area contributed by atoms with E-state index in [4.69, 9.17) is 5.14 Å². The van der Waals surface area contributed by atoms with Crippen LogP contribution in [0.15, 0.2) is 17.2 Å². The molecule has 106 valence electrons. The fourth-order valence-corrected chi connectivity index (χ4v) is 3.06. The molecule has 0 bridgehead atoms. The van der Waals surface area contributed by atoms with Crippen molar-refractivity contribution in [3.63, 3.8) is 0 Å². The van der Waals surface area contributed by atoms with Crippen molar-refractivity contribution >= 4 is 15.9 Å². The number of aromatic amines is 1. The van der Waals surface area contributed by atoms with Crippen LogP contribution in [0.25, 0.3) is 0 Å². The second-order valence-corrected chi connectivity index (χ2v) is 6.81. The molecule has 1 fully saturated rings. The van der Waals surface area contributed by atoms with Gasteiger partial charge in [-0.15, -0.1) is 0 Å². The molecule has 0 saturated carbocycles. The summed E-state index contributed by atoms with van der Waals surface area (Å²) in [6, 6.07) is 1.52. The van der Waals surface area contributed by atoms with Crippen molar-refractivity contribution in [2.24, 2.45) is 11.1 Å². The van der Waals surface area contributed by atoms with Crippen molar-refractivity contribution in [1.82, 2.24) is 9.88 Å². The van der Waals surface area contributed by atoms with Crippen molar-refractivity contribution in [2.75, 3.05) is 6.54 Å². The van der Waals surface area contributed by atoms with Gasteiger partial charge in [-0.25, -0.2) is 13.6 Å². The van der Waals surface area contributed by atoms with Crippen LogP contribution in [0.4, 0.5) is 0 Å². The second kappa shape index (κ2) is 4.97. The molecule has 2 rings (SSSR count). The lowest BCUT2D eigenvalue weighted by Crippen LogP contribution is -2.38. The molecule has 0 aliphatic carbocycles. The number of primary sulfonamides is 1. The van der Waals surface area contributed by atoms with Gasteiger partial charge in [-0.1, -0.05) is 13.8 Å². The van der Waals surface area contributed by atoms with Gasteiger partial charge in [0.05, 0.1) is 4.90 Å². The zero-order valence-electron chi connectivity index (χ0n) is 11.1. The zero-order valence-corrected chi connectivity index (χ0v) is 11.9. The third kappa shape index (κ3) is 2.82. The predicted molar refractivity (Wildman–Crippen MR) is 71.1 cm³/mol. The molecule has 1 amide bonds. The van der Waals surface area contributed by atoms with Gasteiger partial charge in [0.1, 0.15) is 5.69 Å². The first-order chi connectivity index (χ1) is 8.80. The predicted octanol–water partition coefficient (Wildman–Crippen LogP) is 0.923. The Kier molecular flexibility index (Phi) is 3.69. The van der Waals surface area contributed by atoms with E-state index >= 15 is 0 Å². The molecule has 7 heteroatoms. The van der Waals surface area contributed by atoms with E-state index in [0.29, 0.717) is 12.5 Å². The first kappa shape index (κ1) is 14.1. The number of amides is 1. The molecule has 1 atom stereocenters. The Morgan fingerprint density at radius 3 is 2.74 bits per heavy atom. The fraction of sp³-hybridized carbons (Fsp3) is 0.583. The van der Waals surface area contributed by atoms with Gasteiger partial charge in [0, 0.05) is 18.8 Å². The quantitative estimate of drug-likeness (QED) is 0.864. The minimum Gasteiger partial charge on any atom is -0.356 e. The van der Waals surface area contributed by atoms with Gasteiger partial charge < -0.3 is 9.88 Å². The fourth-order valence-electron chi connectivity index (χ4n) is 2.55. The minimum atomic E-state index is -3.77. The summed E-state index contributed by atoms with van der Waals surface area (Å²) in [6.45, 7) is 4.88. The number of carbonyl (C=O) groups excluding carboxylic acids is 1. The molecule has 0 radical (unpaired) electrons. The molecule has 1 aliphatic rings. The number of likely N-dealkylation sites (tertiary alicyclic amines) is 1. The van der Waals surface area contributed by atoms with Gasteiger partial charge in [-0.2, -0.15) is 0 Å². The highest BCUT2D eigenvalue weighted by atomic mass is 32.2. The Morgan fingerprint density at radius 2 is 2.21 bits per heavy atom. The van der Waals surface area contributed by atoms with Crippen molar-refractivity contribution < 1.29 is 13.2 Å². The van der Waals surface area contributed by atoms with E-state index in [2.05, 4.69) is 18.8 Å². The Bertz CT molecular complexity index is 577. The summed E-state index contributed by atoms with van der Waals surface area (Å²) in [5.41, 5.74) is 0.275. The Morgan fingerprint density at radius 1 is 1.53 bits per heavy atom. The summed E-state index contributed by atoms with van der Waals surface area (Å²) in [6.07, 6.45) is 3.23. The van der Waals surface area contributed by atoms with E-state index in [1.807, 2.05) is 4.90 Å². The van der Waals surface area contributed by atoms with Crippen LogP contribution in [0.1, 0.15) is 37.2 Å². The monoisotopic (exact) mass is 285 g/mol. The highest BCUT2D eigenvalue weighted by molar-refractivity contribution is 7.89. The van der Waals surface area contributed by atoms with Crippen LogP contribution in [0.3, 0.4) is 0 Å². The number of hydrogen-bond acceptors (Lipinski definition) is 3. The molecule has 1 aromatic heterocycles. The molecule has 0 aromatic carbocycles. The number of nitrogens with one attached hydrogen (secondary N) is 1. The van der Waals surface area contributed by atoms with Gasteiger partial charge in [-0.05, 0) is 24.8 Å². The molecule has 1 aromatic rings. The van der Waals surface area contributed by atoms with E-state index in [1.165, 1.54) is 12.3 Å². The van der Waals surface area contributed by atoms with E-state index in [1.54, 1.807) is 0 Å². The van der Waals surface area contributed by atoms with E-state index in [9.17, 15) is 13.2 Å². The molecule has 2 heterocycles. The Labute approximate surface area is 113 Å². The van der Waals surface area contributed by atoms with Crippen LogP contribution in [0, 0.1) is 5.92 Å². The van der Waals surface area contributed by atoms with Crippen LogP contribution in [0.5, 0.6) is 0 Å². The number of carbonyl (C=O) groups is 1. The number of rotatable bonds is 3. The van der Waals surface area contributed by atoms with Crippen molar-refractivity contribution in [3.05, 3.63) is 18.0 Å². The van der Waals surface area contributed by atoms with E-state index < -0.39 is 10.0 Å². The van der Waals surface area contributed by atoms with Crippen LogP contribution >= 0.6 is 0 Å². The number of hydrogen-bond donors (Lipinski definition) is 2. The van der Waals surface area contributed by atoms with Crippen molar-refractivity contribution in [1.29, 1.82) is 0 Å². The Hall–Kier alpha value is -1.34. The lowest BCUT2D eigenvalue weighted by atomic mass is 10.0. The molecule has 19 heavy (non-hydrogen) atoms. The number of H-pyrrole nitrogens is 1. The molecule has 0 spiro atoms. The summed E-state index contributed by atoms with van der Waals surface area (Å²) in [4.78, 5) is 16.8. The summed E-state index contributed by atoms with van der Waals surface area (Å²) in [7, 11) is -3.77. The van der Waals surface area contributed by atoms with Gasteiger partial charge in [0.2, 0.25) is 10.0 Å². The van der Waals surface area contributed by atoms with E-state index in [0.717, 1.165) is 12.8 Å². The maximum Gasteiger partial charge on any atom is 0.270 e. The lowest BCUT2D eigenvalue weighted by Gasteiger charge is -2.27. The van der Waals surface area contributed by atoms with Crippen LogP contribution in [-0.4, -0.2) is 36.8 Å². The highest BCUT2D eigenvalue weighted by Gasteiger charge is 2.32. The third-order valence-corrected chi connectivity index (χ3v) is 4.44. The summed E-state index contributed by atoms with van der Waals surface area (Å²) < 4.78 is 22.4. The molecular formula is C12H19N3O3S. The van der Waals surface area contributed by atoms with Gasteiger partial charge in [0.15, 0.2) is 0 Å². The maximum atomic E-state index is 12.4. The standard InChI is InChI=1S/C12H19N3O3S/c1-8(2)11-4-3-5-15(11)12(16)10-6-9(7-14-10)19(13,17)18/h6-8,11,14H,3-5H2,1-2H3,(H2,13,17,18). The smallest absolute Gasteiger partial charge is 0.270 e. The summed E-state index contributed by atoms with van der Waals surface area (Å²) in [5, 5.41) is 5.03.